The minimum absolute atomic E-state index is 0.291. The Kier molecular flexibility index (Phi) is 5.55. The highest BCUT2D eigenvalue weighted by Crippen LogP contribution is 2.39. The van der Waals surface area contributed by atoms with Gasteiger partial charge in [-0.3, -0.25) is 4.90 Å². The fourth-order valence-electron chi connectivity index (χ4n) is 3.90. The van der Waals surface area contributed by atoms with Crippen molar-refractivity contribution in [3.05, 3.63) is 64.3 Å². The fourth-order valence-corrected chi connectivity index (χ4v) is 4.07. The molecule has 1 unspecified atom stereocenters. The second kappa shape index (κ2) is 8.28. The van der Waals surface area contributed by atoms with Crippen molar-refractivity contribution in [3.63, 3.8) is 0 Å². The zero-order chi connectivity index (χ0) is 21.3. The van der Waals surface area contributed by atoms with Gasteiger partial charge in [-0.2, -0.15) is 0 Å². The average Bonchev–Trinajstić information content (AvgIpc) is 3.10. The van der Waals surface area contributed by atoms with E-state index >= 15 is 0 Å². The lowest BCUT2D eigenvalue weighted by Crippen LogP contribution is -2.40. The number of ether oxygens (including phenoxy) is 2. The van der Waals surface area contributed by atoms with Gasteiger partial charge in [0.15, 0.2) is 6.61 Å². The van der Waals surface area contributed by atoms with Crippen LogP contribution in [0.25, 0.3) is 10.9 Å². The van der Waals surface area contributed by atoms with E-state index < -0.39 is 12.6 Å². The van der Waals surface area contributed by atoms with Gasteiger partial charge in [0, 0.05) is 28.2 Å². The molecule has 0 spiro atoms. The van der Waals surface area contributed by atoms with Gasteiger partial charge in [-0.25, -0.2) is 9.59 Å². The van der Waals surface area contributed by atoms with Crippen LogP contribution in [0.4, 0.5) is 4.79 Å². The van der Waals surface area contributed by atoms with Crippen molar-refractivity contribution in [1.82, 2.24) is 9.88 Å². The lowest BCUT2D eigenvalue weighted by Gasteiger charge is -2.35. The number of nitrogens with one attached hydrogen (secondary N) is 1. The number of carbonyl (C=O) groups is 2. The van der Waals surface area contributed by atoms with E-state index in [1.54, 1.807) is 24.0 Å². The maximum absolute atomic E-state index is 12.7. The van der Waals surface area contributed by atoms with E-state index in [0.29, 0.717) is 30.3 Å². The molecule has 2 heterocycles. The second-order valence-corrected chi connectivity index (χ2v) is 7.44. The molecule has 2 N–H and O–H groups in total. The van der Waals surface area contributed by atoms with E-state index in [1.807, 2.05) is 30.3 Å². The number of benzene rings is 2. The number of fused-ring (bicyclic) bond motifs is 3. The summed E-state index contributed by atoms with van der Waals surface area (Å²) in [4.78, 5) is 28.6. The smallest absolute Gasteiger partial charge is 0.410 e. The van der Waals surface area contributed by atoms with Crippen LogP contribution in [0.2, 0.25) is 5.02 Å². The zero-order valence-electron chi connectivity index (χ0n) is 16.4. The second-order valence-electron chi connectivity index (χ2n) is 7.00. The molecule has 0 bridgehead atoms. The molecule has 0 saturated heterocycles. The Morgan fingerprint density at radius 3 is 2.70 bits per heavy atom. The SMILES string of the molecule is CCOC(=O)N1CCc2c([nH]c3ccc(Cl)cc23)C1c1ccc(OCC(=O)O)cc1. The molecule has 0 radical (unpaired) electrons. The highest BCUT2D eigenvalue weighted by atomic mass is 35.5. The molecule has 156 valence electrons. The number of halogens is 1. The highest BCUT2D eigenvalue weighted by Gasteiger charge is 2.35. The normalized spacial score (nSPS) is 15.7. The molecular weight excluding hydrogens is 408 g/mol. The van der Waals surface area contributed by atoms with Gasteiger partial charge in [0.1, 0.15) is 11.8 Å². The first-order chi connectivity index (χ1) is 14.5. The van der Waals surface area contributed by atoms with Crippen LogP contribution in [-0.2, 0) is 16.0 Å². The summed E-state index contributed by atoms with van der Waals surface area (Å²) in [6, 6.07) is 12.4. The number of rotatable bonds is 5. The fraction of sp³-hybridized carbons (Fsp3) is 0.273. The lowest BCUT2D eigenvalue weighted by atomic mass is 9.92. The van der Waals surface area contributed by atoms with Crippen LogP contribution in [0, 0.1) is 0 Å². The molecule has 1 aliphatic heterocycles. The lowest BCUT2D eigenvalue weighted by molar-refractivity contribution is -0.139. The Labute approximate surface area is 178 Å². The zero-order valence-corrected chi connectivity index (χ0v) is 17.1. The molecule has 1 atom stereocenters. The predicted octanol–water partition coefficient (Wildman–Crippen LogP) is 4.39. The number of carbonyl (C=O) groups excluding carboxylic acids is 1. The van der Waals surface area contributed by atoms with Crippen LogP contribution < -0.4 is 4.74 Å². The summed E-state index contributed by atoms with van der Waals surface area (Å²) in [5.74, 6) is -0.593. The van der Waals surface area contributed by atoms with Gasteiger partial charge < -0.3 is 19.6 Å². The van der Waals surface area contributed by atoms with E-state index in [2.05, 4.69) is 4.98 Å². The molecule has 4 rings (SSSR count). The van der Waals surface area contributed by atoms with Gasteiger partial charge in [0.2, 0.25) is 0 Å². The summed E-state index contributed by atoms with van der Waals surface area (Å²) in [7, 11) is 0. The number of hydrogen-bond donors (Lipinski definition) is 2. The summed E-state index contributed by atoms with van der Waals surface area (Å²) in [5, 5.41) is 10.5. The van der Waals surface area contributed by atoms with E-state index in [4.69, 9.17) is 26.2 Å². The number of nitrogens with zero attached hydrogens (tertiary/aromatic N) is 1. The molecule has 1 aromatic heterocycles. The topological polar surface area (TPSA) is 91.9 Å². The number of carboxylic acid groups (broad SMARTS) is 1. The maximum Gasteiger partial charge on any atom is 0.410 e. The number of H-pyrrole nitrogens is 1. The number of amides is 1. The highest BCUT2D eigenvalue weighted by molar-refractivity contribution is 6.31. The quantitative estimate of drug-likeness (QED) is 0.628. The first kappa shape index (κ1) is 20.1. The van der Waals surface area contributed by atoms with Gasteiger partial charge in [-0.1, -0.05) is 23.7 Å². The summed E-state index contributed by atoms with van der Waals surface area (Å²) in [6.07, 6.45) is 0.307. The Balaban J connectivity index is 1.76. The average molecular weight is 429 g/mol. The molecule has 0 aliphatic carbocycles. The van der Waals surface area contributed by atoms with Crippen molar-refractivity contribution in [2.24, 2.45) is 0 Å². The molecule has 0 saturated carbocycles. The van der Waals surface area contributed by atoms with Crippen LogP contribution in [0.3, 0.4) is 0 Å². The largest absolute Gasteiger partial charge is 0.482 e. The van der Waals surface area contributed by atoms with Crippen molar-refractivity contribution < 1.29 is 24.2 Å². The first-order valence-electron chi connectivity index (χ1n) is 9.66. The summed E-state index contributed by atoms with van der Waals surface area (Å²) < 4.78 is 10.5. The van der Waals surface area contributed by atoms with Gasteiger partial charge in [-0.05, 0) is 54.8 Å². The standard InChI is InChI=1S/C22H21ClN2O5/c1-2-29-22(28)25-10-9-16-17-11-14(23)5-8-18(17)24-20(16)21(25)13-3-6-15(7-4-13)30-12-19(26)27/h3-8,11,21,24H,2,9-10,12H2,1H3,(H,26,27). The monoisotopic (exact) mass is 428 g/mol. The van der Waals surface area contributed by atoms with Crippen molar-refractivity contribution in [2.75, 3.05) is 19.8 Å². The molecule has 7 nitrogen and oxygen atoms in total. The van der Waals surface area contributed by atoms with E-state index in [0.717, 1.165) is 27.7 Å². The predicted molar refractivity (Wildman–Crippen MR) is 112 cm³/mol. The van der Waals surface area contributed by atoms with Crippen molar-refractivity contribution in [3.8, 4) is 5.75 Å². The van der Waals surface area contributed by atoms with Crippen molar-refractivity contribution in [1.29, 1.82) is 0 Å². The third-order valence-electron chi connectivity index (χ3n) is 5.15. The molecule has 2 aromatic carbocycles. The van der Waals surface area contributed by atoms with Crippen LogP contribution in [0.15, 0.2) is 42.5 Å². The maximum atomic E-state index is 12.7. The summed E-state index contributed by atoms with van der Waals surface area (Å²) >= 11 is 6.21. The van der Waals surface area contributed by atoms with Crippen molar-refractivity contribution in [2.45, 2.75) is 19.4 Å². The third-order valence-corrected chi connectivity index (χ3v) is 5.38. The Bertz CT molecular complexity index is 1090. The van der Waals surface area contributed by atoms with Gasteiger partial charge in [-0.15, -0.1) is 0 Å². The number of hydrogen-bond acceptors (Lipinski definition) is 4. The van der Waals surface area contributed by atoms with Crippen LogP contribution in [0.5, 0.6) is 5.75 Å². The van der Waals surface area contributed by atoms with Crippen LogP contribution in [-0.4, -0.2) is 46.8 Å². The Hall–Kier alpha value is -3.19. The third kappa shape index (κ3) is 3.80. The number of aliphatic carboxylic acids is 1. The van der Waals surface area contributed by atoms with Crippen LogP contribution in [0.1, 0.15) is 29.8 Å². The first-order valence-corrected chi connectivity index (χ1v) is 10.0. The molecular formula is C22H21ClN2O5. The molecule has 8 heteroatoms. The van der Waals surface area contributed by atoms with Gasteiger partial charge >= 0.3 is 12.1 Å². The van der Waals surface area contributed by atoms with E-state index in [9.17, 15) is 9.59 Å². The minimum Gasteiger partial charge on any atom is -0.482 e. The molecule has 1 aliphatic rings. The van der Waals surface area contributed by atoms with Gasteiger partial charge in [0.05, 0.1) is 6.61 Å². The van der Waals surface area contributed by atoms with E-state index in [1.165, 1.54) is 0 Å². The number of aromatic nitrogens is 1. The Morgan fingerprint density at radius 1 is 1.23 bits per heavy atom. The summed E-state index contributed by atoms with van der Waals surface area (Å²) in [6.45, 7) is 2.17. The number of aromatic amines is 1. The summed E-state index contributed by atoms with van der Waals surface area (Å²) in [5.41, 5.74) is 3.88. The molecule has 0 fully saturated rings. The molecule has 3 aromatic rings. The number of carboxylic acids is 1. The Morgan fingerprint density at radius 2 is 2.00 bits per heavy atom. The van der Waals surface area contributed by atoms with Crippen molar-refractivity contribution >= 4 is 34.6 Å². The molecule has 1 amide bonds. The van der Waals surface area contributed by atoms with Crippen LogP contribution >= 0.6 is 11.6 Å². The van der Waals surface area contributed by atoms with Gasteiger partial charge in [0.25, 0.3) is 0 Å². The van der Waals surface area contributed by atoms with E-state index in [-0.39, 0.29) is 12.1 Å². The molecule has 30 heavy (non-hydrogen) atoms. The minimum atomic E-state index is -1.04.